The first kappa shape index (κ1) is 17.5. The van der Waals surface area contributed by atoms with E-state index in [4.69, 9.17) is 14.5 Å². The van der Waals surface area contributed by atoms with E-state index in [1.54, 1.807) is 14.2 Å². The molecule has 2 heterocycles. The van der Waals surface area contributed by atoms with Crippen LogP contribution in [-0.2, 0) is 0 Å². The third-order valence-electron chi connectivity index (χ3n) is 5.25. The van der Waals surface area contributed by atoms with Gasteiger partial charge in [-0.15, -0.1) is 0 Å². The van der Waals surface area contributed by atoms with Crippen molar-refractivity contribution < 1.29 is 9.47 Å². The van der Waals surface area contributed by atoms with Gasteiger partial charge in [0, 0.05) is 31.6 Å². The molecular formula is C22H25N3O2. The summed E-state index contributed by atoms with van der Waals surface area (Å²) in [4.78, 5) is 9.65. The van der Waals surface area contributed by atoms with Crippen molar-refractivity contribution in [2.75, 3.05) is 50.2 Å². The second kappa shape index (κ2) is 7.35. The maximum atomic E-state index is 5.52. The SMILES string of the molecule is COc1ccccc1N1CCN(c2cc(C)c3cccc(OC)c3n2)CC1. The monoisotopic (exact) mass is 363 g/mol. The van der Waals surface area contributed by atoms with Crippen LogP contribution in [0.2, 0.25) is 0 Å². The van der Waals surface area contributed by atoms with E-state index in [9.17, 15) is 0 Å². The molecule has 0 N–H and O–H groups in total. The average molecular weight is 363 g/mol. The molecule has 0 atom stereocenters. The summed E-state index contributed by atoms with van der Waals surface area (Å²) in [5, 5.41) is 1.14. The number of pyridine rings is 1. The second-order valence-corrected chi connectivity index (χ2v) is 6.80. The van der Waals surface area contributed by atoms with Crippen LogP contribution in [0.4, 0.5) is 11.5 Å². The molecule has 1 fully saturated rings. The minimum atomic E-state index is 0.824. The molecular weight excluding hydrogens is 338 g/mol. The number of hydrogen-bond acceptors (Lipinski definition) is 5. The number of rotatable bonds is 4. The Bertz CT molecular complexity index is 949. The van der Waals surface area contributed by atoms with Crippen molar-refractivity contribution in [3.8, 4) is 11.5 Å². The van der Waals surface area contributed by atoms with Crippen LogP contribution in [0.15, 0.2) is 48.5 Å². The lowest BCUT2D eigenvalue weighted by Crippen LogP contribution is -2.47. The van der Waals surface area contributed by atoms with Crippen LogP contribution < -0.4 is 19.3 Å². The van der Waals surface area contributed by atoms with Crippen LogP contribution in [0.3, 0.4) is 0 Å². The van der Waals surface area contributed by atoms with Crippen LogP contribution in [0, 0.1) is 6.92 Å². The van der Waals surface area contributed by atoms with Gasteiger partial charge >= 0.3 is 0 Å². The number of aryl methyl sites for hydroxylation is 1. The van der Waals surface area contributed by atoms with Crippen LogP contribution in [0.5, 0.6) is 11.5 Å². The molecule has 0 unspecified atom stereocenters. The smallest absolute Gasteiger partial charge is 0.145 e. The minimum absolute atomic E-state index is 0.824. The van der Waals surface area contributed by atoms with Crippen molar-refractivity contribution in [2.24, 2.45) is 0 Å². The van der Waals surface area contributed by atoms with Gasteiger partial charge in [-0.2, -0.15) is 0 Å². The number of anilines is 2. The Labute approximate surface area is 160 Å². The number of hydrogen-bond donors (Lipinski definition) is 0. The lowest BCUT2D eigenvalue weighted by molar-refractivity contribution is 0.413. The molecule has 0 saturated carbocycles. The summed E-state index contributed by atoms with van der Waals surface area (Å²) in [7, 11) is 3.43. The zero-order chi connectivity index (χ0) is 18.8. The molecule has 4 rings (SSSR count). The lowest BCUT2D eigenvalue weighted by Gasteiger charge is -2.37. The maximum Gasteiger partial charge on any atom is 0.145 e. The topological polar surface area (TPSA) is 37.8 Å². The van der Waals surface area contributed by atoms with Crippen LogP contribution >= 0.6 is 0 Å². The van der Waals surface area contributed by atoms with Crippen molar-refractivity contribution in [3.05, 3.63) is 54.1 Å². The van der Waals surface area contributed by atoms with Gasteiger partial charge in [-0.05, 0) is 36.8 Å². The van der Waals surface area contributed by atoms with Crippen molar-refractivity contribution >= 4 is 22.4 Å². The van der Waals surface area contributed by atoms with Crippen LogP contribution in [0.1, 0.15) is 5.56 Å². The van der Waals surface area contributed by atoms with Crippen LogP contribution in [-0.4, -0.2) is 45.4 Å². The Morgan fingerprint density at radius 2 is 1.48 bits per heavy atom. The number of piperazine rings is 1. The molecule has 1 aromatic heterocycles. The zero-order valence-electron chi connectivity index (χ0n) is 16.1. The van der Waals surface area contributed by atoms with Gasteiger partial charge < -0.3 is 19.3 Å². The highest BCUT2D eigenvalue weighted by atomic mass is 16.5. The molecule has 0 bridgehead atoms. The molecule has 1 aliphatic heterocycles. The molecule has 2 aromatic carbocycles. The van der Waals surface area contributed by atoms with Gasteiger partial charge in [0.05, 0.1) is 19.9 Å². The van der Waals surface area contributed by atoms with E-state index in [1.807, 2.05) is 24.3 Å². The lowest BCUT2D eigenvalue weighted by atomic mass is 10.1. The minimum Gasteiger partial charge on any atom is -0.495 e. The van der Waals surface area contributed by atoms with Gasteiger partial charge in [0.1, 0.15) is 22.8 Å². The standard InChI is InChI=1S/C22H25N3O2/c1-16-15-21(23-22-17(16)7-6-10-20(22)27-3)25-13-11-24(12-14-25)18-8-4-5-9-19(18)26-2/h4-10,15H,11-14H2,1-3H3. The van der Waals surface area contributed by atoms with Gasteiger partial charge in [-0.3, -0.25) is 0 Å². The first-order valence-corrected chi connectivity index (χ1v) is 9.28. The molecule has 5 heteroatoms. The normalized spacial score (nSPS) is 14.5. The number of methoxy groups -OCH3 is 2. The number of ether oxygens (including phenoxy) is 2. The fourth-order valence-electron chi connectivity index (χ4n) is 3.77. The van der Waals surface area contributed by atoms with Gasteiger partial charge in [-0.25, -0.2) is 4.98 Å². The van der Waals surface area contributed by atoms with Crippen LogP contribution in [0.25, 0.3) is 10.9 Å². The van der Waals surface area contributed by atoms with E-state index in [1.165, 1.54) is 5.56 Å². The maximum absolute atomic E-state index is 5.52. The quantitative estimate of drug-likeness (QED) is 0.703. The Kier molecular flexibility index (Phi) is 4.75. The van der Waals surface area contributed by atoms with E-state index in [2.05, 4.69) is 41.0 Å². The molecule has 3 aromatic rings. The molecule has 140 valence electrons. The molecule has 1 aliphatic rings. The van der Waals surface area contributed by atoms with Gasteiger partial charge in [0.25, 0.3) is 0 Å². The Morgan fingerprint density at radius 3 is 2.22 bits per heavy atom. The van der Waals surface area contributed by atoms with E-state index in [0.29, 0.717) is 0 Å². The third-order valence-corrected chi connectivity index (χ3v) is 5.25. The average Bonchev–Trinajstić information content (AvgIpc) is 2.73. The summed E-state index contributed by atoms with van der Waals surface area (Å²) in [5.74, 6) is 2.77. The fraction of sp³-hybridized carbons (Fsp3) is 0.318. The summed E-state index contributed by atoms with van der Waals surface area (Å²) in [6, 6.07) is 16.5. The summed E-state index contributed by atoms with van der Waals surface area (Å²) in [5.41, 5.74) is 3.31. The van der Waals surface area contributed by atoms with E-state index in [0.717, 1.165) is 60.1 Å². The third kappa shape index (κ3) is 3.25. The van der Waals surface area contributed by atoms with E-state index < -0.39 is 0 Å². The first-order chi connectivity index (χ1) is 13.2. The highest BCUT2D eigenvalue weighted by molar-refractivity contribution is 5.89. The number of benzene rings is 2. The number of nitrogens with zero attached hydrogens (tertiary/aromatic N) is 3. The van der Waals surface area contributed by atoms with Gasteiger partial charge in [0.15, 0.2) is 0 Å². The van der Waals surface area contributed by atoms with Gasteiger partial charge in [0.2, 0.25) is 0 Å². The van der Waals surface area contributed by atoms with E-state index in [-0.39, 0.29) is 0 Å². The summed E-state index contributed by atoms with van der Waals surface area (Å²) < 4.78 is 11.0. The Balaban J connectivity index is 1.58. The first-order valence-electron chi connectivity index (χ1n) is 9.28. The number of aromatic nitrogens is 1. The molecule has 0 amide bonds. The molecule has 0 spiro atoms. The highest BCUT2D eigenvalue weighted by Gasteiger charge is 2.21. The van der Waals surface area contributed by atoms with Crippen molar-refractivity contribution in [2.45, 2.75) is 6.92 Å². The molecule has 5 nitrogen and oxygen atoms in total. The van der Waals surface area contributed by atoms with Crippen molar-refractivity contribution in [3.63, 3.8) is 0 Å². The Hall–Kier alpha value is -2.95. The van der Waals surface area contributed by atoms with E-state index >= 15 is 0 Å². The number of para-hydroxylation sites is 3. The van der Waals surface area contributed by atoms with Crippen molar-refractivity contribution in [1.29, 1.82) is 0 Å². The summed E-state index contributed by atoms with van der Waals surface area (Å²) in [6.45, 7) is 5.85. The predicted molar refractivity (Wildman–Crippen MR) is 110 cm³/mol. The second-order valence-electron chi connectivity index (χ2n) is 6.80. The Morgan fingerprint density at radius 1 is 0.815 bits per heavy atom. The molecule has 0 aliphatic carbocycles. The molecule has 27 heavy (non-hydrogen) atoms. The zero-order valence-corrected chi connectivity index (χ0v) is 16.1. The summed E-state index contributed by atoms with van der Waals surface area (Å²) in [6.07, 6.45) is 0. The predicted octanol–water partition coefficient (Wildman–Crippen LogP) is 3.89. The van der Waals surface area contributed by atoms with Gasteiger partial charge in [-0.1, -0.05) is 24.3 Å². The number of fused-ring (bicyclic) bond motifs is 1. The van der Waals surface area contributed by atoms with Crippen molar-refractivity contribution in [1.82, 2.24) is 4.98 Å². The fourth-order valence-corrected chi connectivity index (χ4v) is 3.77. The largest absolute Gasteiger partial charge is 0.495 e. The highest BCUT2D eigenvalue weighted by Crippen LogP contribution is 2.31. The molecule has 1 saturated heterocycles. The summed E-state index contributed by atoms with van der Waals surface area (Å²) >= 11 is 0. The molecule has 0 radical (unpaired) electrons.